The van der Waals surface area contributed by atoms with Crippen LogP contribution in [0.5, 0.6) is 0 Å². The largest absolute Gasteiger partial charge is 0.389 e. The molecule has 1 saturated heterocycles. The smallest absolute Gasteiger partial charge is 0.340 e. The van der Waals surface area contributed by atoms with Gasteiger partial charge in [0.05, 0.1) is 6.42 Å². The highest BCUT2D eigenvalue weighted by Gasteiger charge is 2.30. The summed E-state index contributed by atoms with van der Waals surface area (Å²) in [5.41, 5.74) is 5.55. The highest BCUT2D eigenvalue weighted by molar-refractivity contribution is 5.76. The first-order chi connectivity index (χ1) is 8.33. The second-order valence-corrected chi connectivity index (χ2v) is 4.62. The van der Waals surface area contributed by atoms with Gasteiger partial charge in [-0.1, -0.05) is 0 Å². The Balaban J connectivity index is 2.32. The maximum absolute atomic E-state index is 12.0. The van der Waals surface area contributed by atoms with E-state index in [4.69, 9.17) is 5.73 Å². The second kappa shape index (κ2) is 6.38. The van der Waals surface area contributed by atoms with E-state index in [1.165, 1.54) is 4.90 Å². The average molecular weight is 267 g/mol. The van der Waals surface area contributed by atoms with Gasteiger partial charge in [0.25, 0.3) is 0 Å². The first kappa shape index (κ1) is 15.2. The highest BCUT2D eigenvalue weighted by Crippen LogP contribution is 2.22. The molecular formula is C11H20F3N3O. The van der Waals surface area contributed by atoms with E-state index in [-0.39, 0.29) is 6.04 Å². The maximum Gasteiger partial charge on any atom is 0.389 e. The molecule has 0 aromatic carbocycles. The number of carbonyl (C=O) groups is 1. The highest BCUT2D eigenvalue weighted by atomic mass is 19.4. The van der Waals surface area contributed by atoms with Gasteiger partial charge in [-0.25, -0.2) is 0 Å². The molecule has 1 amide bonds. The Kier molecular flexibility index (Phi) is 5.40. The normalized spacial score (nSPS) is 19.9. The molecule has 4 nitrogen and oxygen atoms in total. The Morgan fingerprint density at radius 1 is 1.28 bits per heavy atom. The number of nitrogens with two attached hydrogens (primary N) is 1. The van der Waals surface area contributed by atoms with E-state index in [9.17, 15) is 18.0 Å². The molecule has 1 aliphatic heterocycles. The van der Waals surface area contributed by atoms with E-state index < -0.39 is 24.9 Å². The molecular weight excluding hydrogens is 247 g/mol. The van der Waals surface area contributed by atoms with Gasteiger partial charge in [-0.05, 0) is 6.92 Å². The lowest BCUT2D eigenvalue weighted by molar-refractivity contribution is -0.150. The number of alkyl halides is 3. The quantitative estimate of drug-likeness (QED) is 0.820. The molecule has 0 aliphatic carbocycles. The number of amides is 1. The zero-order chi connectivity index (χ0) is 13.8. The van der Waals surface area contributed by atoms with Crippen LogP contribution in [0.3, 0.4) is 0 Å². The minimum Gasteiger partial charge on any atom is -0.340 e. The Morgan fingerprint density at radius 2 is 1.83 bits per heavy atom. The number of nitrogens with zero attached hydrogens (tertiary/aromatic N) is 2. The van der Waals surface area contributed by atoms with Crippen LogP contribution >= 0.6 is 0 Å². The summed E-state index contributed by atoms with van der Waals surface area (Å²) in [5.74, 6) is -0.410. The van der Waals surface area contributed by atoms with Crippen molar-refractivity contribution in [2.24, 2.45) is 5.73 Å². The van der Waals surface area contributed by atoms with Crippen molar-refractivity contribution >= 4 is 5.91 Å². The Labute approximate surface area is 105 Å². The molecule has 1 heterocycles. The predicted molar refractivity (Wildman–Crippen MR) is 62.0 cm³/mol. The van der Waals surface area contributed by atoms with E-state index in [0.717, 1.165) is 0 Å². The van der Waals surface area contributed by atoms with Crippen LogP contribution in [0.25, 0.3) is 0 Å². The number of halogens is 3. The van der Waals surface area contributed by atoms with Gasteiger partial charge in [-0.15, -0.1) is 0 Å². The lowest BCUT2D eigenvalue weighted by Gasteiger charge is -2.37. The molecule has 0 aromatic heterocycles. The van der Waals surface area contributed by atoms with Crippen LogP contribution in [0.2, 0.25) is 0 Å². The van der Waals surface area contributed by atoms with Crippen molar-refractivity contribution in [3.05, 3.63) is 0 Å². The topological polar surface area (TPSA) is 49.6 Å². The van der Waals surface area contributed by atoms with Crippen LogP contribution < -0.4 is 5.73 Å². The van der Waals surface area contributed by atoms with Crippen LogP contribution in [0, 0.1) is 0 Å². The zero-order valence-electron chi connectivity index (χ0n) is 10.5. The first-order valence-corrected chi connectivity index (χ1v) is 6.12. The lowest BCUT2D eigenvalue weighted by Crippen LogP contribution is -2.52. The summed E-state index contributed by atoms with van der Waals surface area (Å²) in [6.45, 7) is 4.87. The average Bonchev–Trinajstić information content (AvgIpc) is 2.34. The molecule has 18 heavy (non-hydrogen) atoms. The van der Waals surface area contributed by atoms with Crippen LogP contribution in [0.4, 0.5) is 13.2 Å². The number of carbonyl (C=O) groups excluding carboxylic acids is 1. The Morgan fingerprint density at radius 3 is 2.28 bits per heavy atom. The Bertz CT molecular complexity index is 275. The number of rotatable bonds is 4. The molecule has 0 bridgehead atoms. The van der Waals surface area contributed by atoms with E-state index >= 15 is 0 Å². The van der Waals surface area contributed by atoms with Crippen molar-refractivity contribution in [3.8, 4) is 0 Å². The van der Waals surface area contributed by atoms with Crippen molar-refractivity contribution in [2.45, 2.75) is 32.0 Å². The van der Waals surface area contributed by atoms with Gasteiger partial charge >= 0.3 is 6.18 Å². The van der Waals surface area contributed by atoms with Crippen molar-refractivity contribution in [3.63, 3.8) is 0 Å². The predicted octanol–water partition coefficient (Wildman–Crippen LogP) is 0.820. The summed E-state index contributed by atoms with van der Waals surface area (Å²) in [6.07, 6.45) is -5.74. The van der Waals surface area contributed by atoms with E-state index in [0.29, 0.717) is 32.7 Å². The molecule has 1 rings (SSSR count). The minimum absolute atomic E-state index is 0.248. The minimum atomic E-state index is -4.26. The third-order valence-electron chi connectivity index (χ3n) is 3.25. The Hall–Kier alpha value is -0.820. The molecule has 0 aromatic rings. The van der Waals surface area contributed by atoms with E-state index in [1.54, 1.807) is 0 Å². The summed E-state index contributed by atoms with van der Waals surface area (Å²) in [7, 11) is 0. The molecule has 1 unspecified atom stereocenters. The summed E-state index contributed by atoms with van der Waals surface area (Å²) >= 11 is 0. The second-order valence-electron chi connectivity index (χ2n) is 4.62. The van der Waals surface area contributed by atoms with Crippen LogP contribution in [0.15, 0.2) is 0 Å². The van der Waals surface area contributed by atoms with Crippen LogP contribution in [-0.4, -0.2) is 60.6 Å². The molecule has 0 spiro atoms. The summed E-state index contributed by atoms with van der Waals surface area (Å²) in [4.78, 5) is 15.2. The fourth-order valence-corrected chi connectivity index (χ4v) is 1.97. The molecule has 1 aliphatic rings. The molecule has 1 atom stereocenters. The maximum atomic E-state index is 12.0. The third-order valence-corrected chi connectivity index (χ3v) is 3.25. The van der Waals surface area contributed by atoms with Crippen molar-refractivity contribution in [1.82, 2.24) is 9.80 Å². The summed E-state index contributed by atoms with van der Waals surface area (Å²) in [5, 5.41) is 0. The molecule has 0 radical (unpaired) electrons. The van der Waals surface area contributed by atoms with Gasteiger partial charge in [0.1, 0.15) is 0 Å². The van der Waals surface area contributed by atoms with E-state index in [1.807, 2.05) is 6.92 Å². The van der Waals surface area contributed by atoms with Crippen LogP contribution in [-0.2, 0) is 4.79 Å². The first-order valence-electron chi connectivity index (χ1n) is 6.12. The van der Waals surface area contributed by atoms with E-state index in [2.05, 4.69) is 4.90 Å². The zero-order valence-corrected chi connectivity index (χ0v) is 10.5. The fraction of sp³-hybridized carbons (Fsp3) is 0.909. The van der Waals surface area contributed by atoms with Gasteiger partial charge in [0.2, 0.25) is 5.91 Å². The van der Waals surface area contributed by atoms with Gasteiger partial charge in [-0.3, -0.25) is 9.69 Å². The van der Waals surface area contributed by atoms with Crippen LogP contribution in [0.1, 0.15) is 19.8 Å². The van der Waals surface area contributed by atoms with Crippen molar-refractivity contribution < 1.29 is 18.0 Å². The van der Waals surface area contributed by atoms with Gasteiger partial charge < -0.3 is 10.6 Å². The SMILES string of the molecule is CC(CN)N1CCN(C(=O)CCC(F)(F)F)CC1. The third kappa shape index (κ3) is 4.81. The summed E-state index contributed by atoms with van der Waals surface area (Å²) < 4.78 is 36.0. The monoisotopic (exact) mass is 267 g/mol. The summed E-state index contributed by atoms with van der Waals surface area (Å²) in [6, 6.07) is 0.248. The standard InChI is InChI=1S/C11H20F3N3O/c1-9(8-15)16-4-6-17(7-5-16)10(18)2-3-11(12,13)14/h9H,2-8,15H2,1H3. The van der Waals surface area contributed by atoms with Crippen molar-refractivity contribution in [1.29, 1.82) is 0 Å². The fourth-order valence-electron chi connectivity index (χ4n) is 1.97. The van der Waals surface area contributed by atoms with Gasteiger partial charge in [-0.2, -0.15) is 13.2 Å². The van der Waals surface area contributed by atoms with Gasteiger partial charge in [0.15, 0.2) is 0 Å². The number of hydrogen-bond donors (Lipinski definition) is 1. The molecule has 2 N–H and O–H groups in total. The molecule has 106 valence electrons. The lowest BCUT2D eigenvalue weighted by atomic mass is 10.2. The number of piperazine rings is 1. The van der Waals surface area contributed by atoms with Crippen molar-refractivity contribution in [2.75, 3.05) is 32.7 Å². The molecule has 0 saturated carbocycles. The molecule has 7 heteroatoms. The molecule has 1 fully saturated rings. The van der Waals surface area contributed by atoms with Gasteiger partial charge in [0, 0.05) is 45.2 Å². The number of hydrogen-bond acceptors (Lipinski definition) is 3.